The van der Waals surface area contributed by atoms with Gasteiger partial charge in [0.2, 0.25) is 11.8 Å². The van der Waals surface area contributed by atoms with E-state index in [2.05, 4.69) is 5.32 Å². The Morgan fingerprint density at radius 2 is 1.84 bits per heavy atom. The van der Waals surface area contributed by atoms with Gasteiger partial charge in [-0.05, 0) is 30.9 Å². The summed E-state index contributed by atoms with van der Waals surface area (Å²) < 4.78 is 13.8. The zero-order valence-electron chi connectivity index (χ0n) is 14.4. The summed E-state index contributed by atoms with van der Waals surface area (Å²) in [6.07, 6.45) is 6.01. The molecule has 2 aliphatic heterocycles. The minimum Gasteiger partial charge on any atom is -0.343 e. The van der Waals surface area contributed by atoms with Crippen LogP contribution in [0.25, 0.3) is 0 Å². The molecule has 0 aliphatic carbocycles. The smallest absolute Gasteiger partial charge is 0.246 e. The molecule has 1 aromatic rings. The van der Waals surface area contributed by atoms with Crippen LogP contribution in [0.5, 0.6) is 0 Å². The summed E-state index contributed by atoms with van der Waals surface area (Å²) in [7, 11) is 0. The molecule has 2 heterocycles. The Hall–Kier alpha value is -1.56. The number of benzene rings is 1. The Labute approximate surface area is 152 Å². The van der Waals surface area contributed by atoms with Crippen LogP contribution in [0.15, 0.2) is 24.3 Å². The maximum atomic E-state index is 13.8. The first-order chi connectivity index (χ1) is 12.1. The average molecular weight is 364 g/mol. The molecule has 1 N–H and O–H groups in total. The van der Waals surface area contributed by atoms with Crippen molar-refractivity contribution >= 4 is 23.6 Å². The van der Waals surface area contributed by atoms with Crippen molar-refractivity contribution in [3.8, 4) is 0 Å². The molecular weight excluding hydrogens is 339 g/mol. The van der Waals surface area contributed by atoms with E-state index in [0.717, 1.165) is 25.9 Å². The second-order valence-corrected chi connectivity index (χ2v) is 8.01. The highest BCUT2D eigenvalue weighted by Crippen LogP contribution is 2.24. The van der Waals surface area contributed by atoms with Crippen molar-refractivity contribution in [2.24, 2.45) is 0 Å². The summed E-state index contributed by atoms with van der Waals surface area (Å²) >= 11 is 1.46. The molecule has 0 unspecified atom stereocenters. The van der Waals surface area contributed by atoms with Crippen LogP contribution in [-0.4, -0.2) is 46.8 Å². The molecule has 0 bridgehead atoms. The lowest BCUT2D eigenvalue weighted by Crippen LogP contribution is -2.55. The normalized spacial score (nSPS) is 25.0. The van der Waals surface area contributed by atoms with E-state index in [9.17, 15) is 14.0 Å². The molecule has 3 rings (SSSR count). The zero-order valence-corrected chi connectivity index (χ0v) is 15.2. The number of halogens is 1. The van der Waals surface area contributed by atoms with Gasteiger partial charge in [0, 0.05) is 18.8 Å². The van der Waals surface area contributed by atoms with Gasteiger partial charge in [-0.15, -0.1) is 11.8 Å². The second kappa shape index (κ2) is 8.70. The Balaban J connectivity index is 1.56. The van der Waals surface area contributed by atoms with E-state index < -0.39 is 6.04 Å². The van der Waals surface area contributed by atoms with Crippen molar-refractivity contribution in [1.29, 1.82) is 0 Å². The fourth-order valence-electron chi connectivity index (χ4n) is 3.43. The number of rotatable bonds is 3. The number of carbonyl (C=O) groups excluding carboxylic acids is 2. The van der Waals surface area contributed by atoms with Gasteiger partial charge in [0.05, 0.1) is 5.25 Å². The van der Waals surface area contributed by atoms with Gasteiger partial charge in [0.1, 0.15) is 11.9 Å². The highest BCUT2D eigenvalue weighted by atomic mass is 32.2. The molecule has 1 aromatic carbocycles. The molecule has 6 heteroatoms. The summed E-state index contributed by atoms with van der Waals surface area (Å²) in [6, 6.07) is 6.09. The monoisotopic (exact) mass is 364 g/mol. The first-order valence-electron chi connectivity index (χ1n) is 9.09. The van der Waals surface area contributed by atoms with E-state index in [0.29, 0.717) is 17.7 Å². The van der Waals surface area contributed by atoms with Crippen molar-refractivity contribution < 1.29 is 14.0 Å². The summed E-state index contributed by atoms with van der Waals surface area (Å²) in [5.41, 5.74) is 0.545. The molecule has 0 aromatic heterocycles. The van der Waals surface area contributed by atoms with Crippen LogP contribution in [0, 0.1) is 5.82 Å². The molecule has 2 atom stereocenters. The number of nitrogens with zero attached hydrogens (tertiary/aromatic N) is 1. The molecule has 0 radical (unpaired) electrons. The van der Waals surface area contributed by atoms with E-state index in [1.54, 1.807) is 18.2 Å². The first-order valence-corrected chi connectivity index (χ1v) is 10.1. The van der Waals surface area contributed by atoms with E-state index >= 15 is 0 Å². The van der Waals surface area contributed by atoms with Gasteiger partial charge >= 0.3 is 0 Å². The Morgan fingerprint density at radius 1 is 1.16 bits per heavy atom. The van der Waals surface area contributed by atoms with Gasteiger partial charge in [0.25, 0.3) is 0 Å². The van der Waals surface area contributed by atoms with Crippen LogP contribution in [0.3, 0.4) is 0 Å². The molecule has 0 saturated carbocycles. The van der Waals surface area contributed by atoms with Gasteiger partial charge in [-0.1, -0.05) is 37.5 Å². The zero-order chi connectivity index (χ0) is 17.6. The van der Waals surface area contributed by atoms with Crippen LogP contribution >= 0.6 is 11.8 Å². The quantitative estimate of drug-likeness (QED) is 0.897. The van der Waals surface area contributed by atoms with Crippen molar-refractivity contribution in [2.45, 2.75) is 49.8 Å². The predicted octanol–water partition coefficient (Wildman–Crippen LogP) is 2.76. The van der Waals surface area contributed by atoms with Crippen LogP contribution < -0.4 is 5.32 Å². The number of likely N-dealkylation sites (tertiary alicyclic amines) is 1. The van der Waals surface area contributed by atoms with Gasteiger partial charge in [-0.2, -0.15) is 0 Å². The van der Waals surface area contributed by atoms with Crippen LogP contribution in [0.4, 0.5) is 4.39 Å². The predicted molar refractivity (Wildman–Crippen MR) is 97.9 cm³/mol. The van der Waals surface area contributed by atoms with Crippen molar-refractivity contribution in [2.75, 3.05) is 18.8 Å². The van der Waals surface area contributed by atoms with E-state index in [-0.39, 0.29) is 22.9 Å². The van der Waals surface area contributed by atoms with Crippen LogP contribution in [0.2, 0.25) is 0 Å². The highest BCUT2D eigenvalue weighted by molar-refractivity contribution is 8.00. The van der Waals surface area contributed by atoms with Gasteiger partial charge < -0.3 is 10.2 Å². The average Bonchev–Trinajstić information content (AvgIpc) is 2.58. The summed E-state index contributed by atoms with van der Waals surface area (Å²) in [5.74, 6) is 0.145. The molecule has 2 aliphatic rings. The number of hydrogen-bond acceptors (Lipinski definition) is 3. The topological polar surface area (TPSA) is 49.4 Å². The van der Waals surface area contributed by atoms with Crippen molar-refractivity contribution in [3.63, 3.8) is 0 Å². The molecule has 25 heavy (non-hydrogen) atoms. The Morgan fingerprint density at radius 3 is 2.52 bits per heavy atom. The fraction of sp³-hybridized carbons (Fsp3) is 0.579. The lowest BCUT2D eigenvalue weighted by Gasteiger charge is -2.33. The third kappa shape index (κ3) is 4.75. The summed E-state index contributed by atoms with van der Waals surface area (Å²) in [6.45, 7) is 1.57. The largest absolute Gasteiger partial charge is 0.343 e. The van der Waals surface area contributed by atoms with Gasteiger partial charge in [-0.3, -0.25) is 9.59 Å². The van der Waals surface area contributed by atoms with Crippen LogP contribution in [-0.2, 0) is 16.0 Å². The number of amides is 2. The minimum absolute atomic E-state index is 0.0343. The molecule has 2 fully saturated rings. The third-order valence-corrected chi connectivity index (χ3v) is 6.21. The molecular formula is C19H25FN2O2S. The molecule has 0 spiro atoms. The van der Waals surface area contributed by atoms with E-state index in [4.69, 9.17) is 0 Å². The molecule has 2 saturated heterocycles. The lowest BCUT2D eigenvalue weighted by molar-refractivity contribution is -0.136. The summed E-state index contributed by atoms with van der Waals surface area (Å²) in [5, 5.41) is 2.53. The van der Waals surface area contributed by atoms with Gasteiger partial charge in [0.15, 0.2) is 0 Å². The molecule has 4 nitrogen and oxygen atoms in total. The molecule has 2 amide bonds. The lowest BCUT2D eigenvalue weighted by atomic mass is 10.1. The van der Waals surface area contributed by atoms with E-state index in [1.807, 2.05) is 4.90 Å². The second-order valence-electron chi connectivity index (χ2n) is 6.77. The maximum absolute atomic E-state index is 13.8. The van der Waals surface area contributed by atoms with Gasteiger partial charge in [-0.25, -0.2) is 4.39 Å². The Kier molecular flexibility index (Phi) is 6.34. The minimum atomic E-state index is -0.450. The molecule has 136 valence electrons. The number of nitrogens with one attached hydrogen (secondary N) is 1. The van der Waals surface area contributed by atoms with Crippen molar-refractivity contribution in [1.82, 2.24) is 10.2 Å². The first kappa shape index (κ1) is 18.2. The maximum Gasteiger partial charge on any atom is 0.246 e. The summed E-state index contributed by atoms with van der Waals surface area (Å²) in [4.78, 5) is 27.0. The number of hydrogen-bond donors (Lipinski definition) is 1. The third-order valence-electron chi connectivity index (χ3n) is 4.90. The number of carbonyl (C=O) groups is 2. The number of thioether (sulfide) groups is 1. The van der Waals surface area contributed by atoms with Crippen molar-refractivity contribution in [3.05, 3.63) is 35.6 Å². The standard InChI is InChI=1S/C19H25FN2O2S/c20-15-9-5-4-8-14(15)12-17-18(23)21-16(13-25-17)19(24)22-10-6-2-1-3-7-11-22/h4-5,8-9,16-17H,1-3,6-7,10-13H2,(H,21,23)/t16-,17+/m1/s1. The van der Waals surface area contributed by atoms with Crippen LogP contribution in [0.1, 0.15) is 37.7 Å². The highest BCUT2D eigenvalue weighted by Gasteiger charge is 2.34. The Bertz CT molecular complexity index is 617. The fourth-order valence-corrected chi connectivity index (χ4v) is 4.60. The SMILES string of the molecule is O=C1N[C@@H](C(=O)N2CCCCCCC2)CS[C@H]1Cc1ccccc1F. The van der Waals surface area contributed by atoms with E-state index in [1.165, 1.54) is 37.1 Å².